The Hall–Kier alpha value is -2.88. The van der Waals surface area contributed by atoms with E-state index in [1.54, 1.807) is 38.4 Å². The van der Waals surface area contributed by atoms with Crippen molar-refractivity contribution in [3.8, 4) is 0 Å². The predicted octanol–water partition coefficient (Wildman–Crippen LogP) is 1.15. The molecule has 2 rings (SSSR count). The van der Waals surface area contributed by atoms with Crippen molar-refractivity contribution >= 4 is 35.2 Å². The van der Waals surface area contributed by atoms with Crippen LogP contribution in [0, 0.1) is 0 Å². The molecule has 2 aromatic rings. The zero-order valence-corrected chi connectivity index (χ0v) is 17.0. The molecule has 3 amide bonds. The number of anilines is 1. The molecule has 9 nitrogen and oxygen atoms in total. The van der Waals surface area contributed by atoms with Crippen LogP contribution in [-0.2, 0) is 22.6 Å². The van der Waals surface area contributed by atoms with Crippen LogP contribution in [0.1, 0.15) is 29.5 Å². The van der Waals surface area contributed by atoms with E-state index >= 15 is 0 Å². The summed E-state index contributed by atoms with van der Waals surface area (Å²) in [5, 5.41) is 11.6. The second-order valence-electron chi connectivity index (χ2n) is 6.22. The van der Waals surface area contributed by atoms with Crippen LogP contribution in [-0.4, -0.2) is 57.2 Å². The number of nitrogens with two attached hydrogens (primary N) is 1. The average molecular weight is 404 g/mol. The minimum absolute atomic E-state index is 0.0977. The lowest BCUT2D eigenvalue weighted by Gasteiger charge is -2.11. The number of hydrogen-bond donors (Lipinski definition) is 2. The maximum Gasteiger partial charge on any atom is 0.253 e. The molecule has 10 heteroatoms. The Balaban J connectivity index is 1.92. The van der Waals surface area contributed by atoms with E-state index in [0.29, 0.717) is 35.2 Å². The predicted molar refractivity (Wildman–Crippen MR) is 107 cm³/mol. The molecule has 0 atom stereocenters. The van der Waals surface area contributed by atoms with Crippen LogP contribution < -0.4 is 11.1 Å². The van der Waals surface area contributed by atoms with E-state index in [2.05, 4.69) is 15.5 Å². The molecule has 0 aliphatic rings. The summed E-state index contributed by atoms with van der Waals surface area (Å²) in [7, 11) is 3.37. The minimum atomic E-state index is -0.391. The van der Waals surface area contributed by atoms with E-state index < -0.39 is 5.91 Å². The number of carbonyl (C=O) groups excluding carboxylic acids is 3. The molecule has 0 bridgehead atoms. The number of amides is 3. The normalized spacial score (nSPS) is 10.5. The molecular formula is C18H24N6O3S. The number of nitrogens with one attached hydrogen (secondary N) is 1. The summed E-state index contributed by atoms with van der Waals surface area (Å²) >= 11 is 1.27. The number of nitrogens with zero attached hydrogens (tertiary/aromatic N) is 4. The lowest BCUT2D eigenvalue weighted by Crippen LogP contribution is -2.21. The van der Waals surface area contributed by atoms with Gasteiger partial charge >= 0.3 is 0 Å². The van der Waals surface area contributed by atoms with Gasteiger partial charge in [0.15, 0.2) is 5.16 Å². The lowest BCUT2D eigenvalue weighted by molar-refractivity contribution is -0.118. The quantitative estimate of drug-likeness (QED) is 0.604. The van der Waals surface area contributed by atoms with Crippen LogP contribution in [0.4, 0.5) is 5.69 Å². The summed E-state index contributed by atoms with van der Waals surface area (Å²) in [5.74, 6) is 0.148. The van der Waals surface area contributed by atoms with E-state index in [4.69, 9.17) is 5.73 Å². The number of aromatic nitrogens is 3. The van der Waals surface area contributed by atoms with Gasteiger partial charge in [0, 0.05) is 44.7 Å². The molecule has 0 unspecified atom stereocenters. The van der Waals surface area contributed by atoms with Gasteiger partial charge in [-0.3, -0.25) is 14.4 Å². The molecule has 1 heterocycles. The van der Waals surface area contributed by atoms with Crippen LogP contribution in [0.15, 0.2) is 29.4 Å². The van der Waals surface area contributed by atoms with Gasteiger partial charge in [0.1, 0.15) is 5.82 Å². The first-order chi connectivity index (χ1) is 13.3. The number of carbonyl (C=O) groups is 3. The summed E-state index contributed by atoms with van der Waals surface area (Å²) in [4.78, 5) is 36.5. The molecule has 0 radical (unpaired) electrons. The molecule has 0 saturated heterocycles. The molecular weight excluding hydrogens is 380 g/mol. The molecule has 0 aliphatic carbocycles. The highest BCUT2D eigenvalue weighted by Crippen LogP contribution is 2.18. The van der Waals surface area contributed by atoms with E-state index in [-0.39, 0.29) is 24.0 Å². The van der Waals surface area contributed by atoms with Crippen molar-refractivity contribution in [3.63, 3.8) is 0 Å². The number of rotatable bonds is 9. The third kappa shape index (κ3) is 5.81. The van der Waals surface area contributed by atoms with Gasteiger partial charge in [-0.25, -0.2) is 0 Å². The fraction of sp³-hybridized carbons (Fsp3) is 0.389. The number of thioether (sulfide) groups is 1. The maximum atomic E-state index is 12.2. The van der Waals surface area contributed by atoms with Gasteiger partial charge in [0.05, 0.1) is 5.75 Å². The number of primary amides is 1. The maximum absolute atomic E-state index is 12.2. The highest BCUT2D eigenvalue weighted by molar-refractivity contribution is 7.99. The number of aryl methyl sites for hydroxylation is 1. The zero-order valence-electron chi connectivity index (χ0n) is 16.1. The summed E-state index contributed by atoms with van der Waals surface area (Å²) in [6.45, 7) is 2.57. The van der Waals surface area contributed by atoms with Gasteiger partial charge in [-0.15, -0.1) is 10.2 Å². The molecule has 0 spiro atoms. The van der Waals surface area contributed by atoms with E-state index in [1.807, 2.05) is 11.5 Å². The first kappa shape index (κ1) is 21.4. The standard InChI is InChI=1S/C18H24N6O3S/c1-4-24-15(10-9-14(19)25)21-22-18(24)28-11-16(26)20-13-7-5-12(6-8-13)17(27)23(2)3/h5-8H,4,9-11H2,1-3H3,(H2,19,25)(H,20,26). The second-order valence-corrected chi connectivity index (χ2v) is 7.17. The van der Waals surface area contributed by atoms with Crippen molar-refractivity contribution in [3.05, 3.63) is 35.7 Å². The van der Waals surface area contributed by atoms with Crippen LogP contribution >= 0.6 is 11.8 Å². The zero-order chi connectivity index (χ0) is 20.7. The topological polar surface area (TPSA) is 123 Å². The minimum Gasteiger partial charge on any atom is -0.370 e. The Morgan fingerprint density at radius 2 is 1.86 bits per heavy atom. The molecule has 1 aromatic heterocycles. The molecule has 1 aromatic carbocycles. The Bertz CT molecular complexity index is 848. The number of benzene rings is 1. The number of hydrogen-bond acceptors (Lipinski definition) is 6. The Kier molecular flexibility index (Phi) is 7.56. The molecule has 150 valence electrons. The molecule has 0 aliphatic heterocycles. The lowest BCUT2D eigenvalue weighted by atomic mass is 10.2. The van der Waals surface area contributed by atoms with Crippen molar-refractivity contribution in [2.75, 3.05) is 25.2 Å². The third-order valence-electron chi connectivity index (χ3n) is 3.86. The summed E-state index contributed by atoms with van der Waals surface area (Å²) in [6.07, 6.45) is 0.622. The van der Waals surface area contributed by atoms with Crippen molar-refractivity contribution < 1.29 is 14.4 Å². The van der Waals surface area contributed by atoms with Crippen molar-refractivity contribution in [1.29, 1.82) is 0 Å². The fourth-order valence-electron chi connectivity index (χ4n) is 2.44. The largest absolute Gasteiger partial charge is 0.370 e. The first-order valence-corrected chi connectivity index (χ1v) is 9.75. The van der Waals surface area contributed by atoms with Gasteiger partial charge in [-0.1, -0.05) is 11.8 Å². The Morgan fingerprint density at radius 1 is 1.18 bits per heavy atom. The highest BCUT2D eigenvalue weighted by Gasteiger charge is 2.14. The molecule has 28 heavy (non-hydrogen) atoms. The van der Waals surface area contributed by atoms with Gasteiger partial charge in [0.2, 0.25) is 11.8 Å². The Labute approximate surface area is 167 Å². The second kappa shape index (κ2) is 9.88. The summed E-state index contributed by atoms with van der Waals surface area (Å²) in [6, 6.07) is 6.72. The van der Waals surface area contributed by atoms with E-state index in [1.165, 1.54) is 16.7 Å². The monoisotopic (exact) mass is 404 g/mol. The van der Waals surface area contributed by atoms with Crippen molar-refractivity contribution in [1.82, 2.24) is 19.7 Å². The summed E-state index contributed by atoms with van der Waals surface area (Å²) < 4.78 is 1.86. The van der Waals surface area contributed by atoms with Gasteiger partial charge in [0.25, 0.3) is 5.91 Å². The van der Waals surface area contributed by atoms with Crippen molar-refractivity contribution in [2.45, 2.75) is 31.5 Å². The van der Waals surface area contributed by atoms with Crippen molar-refractivity contribution in [2.24, 2.45) is 5.73 Å². The first-order valence-electron chi connectivity index (χ1n) is 8.76. The third-order valence-corrected chi connectivity index (χ3v) is 4.83. The molecule has 3 N–H and O–H groups in total. The van der Waals surface area contributed by atoms with Crippen LogP contribution in [0.3, 0.4) is 0 Å². The van der Waals surface area contributed by atoms with Gasteiger partial charge in [-0.2, -0.15) is 0 Å². The fourth-order valence-corrected chi connectivity index (χ4v) is 3.27. The van der Waals surface area contributed by atoms with Gasteiger partial charge in [-0.05, 0) is 31.2 Å². The molecule has 0 saturated carbocycles. The van der Waals surface area contributed by atoms with Crippen LogP contribution in [0.25, 0.3) is 0 Å². The smallest absolute Gasteiger partial charge is 0.253 e. The van der Waals surface area contributed by atoms with Gasteiger partial charge < -0.3 is 20.5 Å². The Morgan fingerprint density at radius 3 is 2.43 bits per heavy atom. The van der Waals surface area contributed by atoms with E-state index in [0.717, 1.165) is 0 Å². The SMILES string of the molecule is CCn1c(CCC(N)=O)nnc1SCC(=O)Nc1ccc(C(=O)N(C)C)cc1. The van der Waals surface area contributed by atoms with Crippen LogP contribution in [0.2, 0.25) is 0 Å². The highest BCUT2D eigenvalue weighted by atomic mass is 32.2. The summed E-state index contributed by atoms with van der Waals surface area (Å²) in [5.41, 5.74) is 6.34. The average Bonchev–Trinajstić information content (AvgIpc) is 3.06. The van der Waals surface area contributed by atoms with Crippen LogP contribution in [0.5, 0.6) is 0 Å². The molecule has 0 fully saturated rings. The van der Waals surface area contributed by atoms with E-state index in [9.17, 15) is 14.4 Å².